The molecule has 2 aromatic heterocycles. The van der Waals surface area contributed by atoms with Gasteiger partial charge in [0, 0.05) is 41.8 Å². The van der Waals surface area contributed by atoms with Crippen LogP contribution in [0, 0.1) is 0 Å². The largest absolute Gasteiger partial charge is 0.461 e. The van der Waals surface area contributed by atoms with Gasteiger partial charge in [-0.15, -0.1) is 40.8 Å². The van der Waals surface area contributed by atoms with Crippen molar-refractivity contribution in [2.45, 2.75) is 26.1 Å². The van der Waals surface area contributed by atoms with Crippen molar-refractivity contribution in [1.29, 1.82) is 0 Å². The van der Waals surface area contributed by atoms with Gasteiger partial charge >= 0.3 is 12.1 Å². The highest BCUT2D eigenvalue weighted by Crippen LogP contribution is 2.19. The lowest BCUT2D eigenvalue weighted by molar-refractivity contribution is -0.145. The van der Waals surface area contributed by atoms with Gasteiger partial charge in [0.15, 0.2) is 0 Å². The molecule has 0 aliphatic rings. The van der Waals surface area contributed by atoms with E-state index in [0.29, 0.717) is 56.1 Å². The molecule has 0 spiro atoms. The molecule has 15 nitrogen and oxygen atoms in total. The molecule has 6 rings (SSSR count). The van der Waals surface area contributed by atoms with Crippen molar-refractivity contribution in [2.24, 2.45) is 0 Å². The number of aromatic nitrogens is 8. The Morgan fingerprint density at radius 1 is 0.463 bits per heavy atom. The molecular formula is C39H37N9O6. The zero-order valence-corrected chi connectivity index (χ0v) is 29.3. The van der Waals surface area contributed by atoms with Crippen molar-refractivity contribution in [3.63, 3.8) is 0 Å². The highest BCUT2D eigenvalue weighted by Gasteiger charge is 2.10. The van der Waals surface area contributed by atoms with Crippen LogP contribution in [-0.2, 0) is 37.0 Å². The fourth-order valence-corrected chi connectivity index (χ4v) is 4.90. The Hall–Kier alpha value is -6.58. The molecule has 0 aliphatic heterocycles. The summed E-state index contributed by atoms with van der Waals surface area (Å²) in [4.78, 5) is 24.2. The zero-order valence-electron chi connectivity index (χ0n) is 29.3. The first-order valence-corrected chi connectivity index (χ1v) is 17.3. The second kappa shape index (κ2) is 19.9. The van der Waals surface area contributed by atoms with Crippen molar-refractivity contribution in [3.05, 3.63) is 120 Å². The number of nitrogens with one attached hydrogen (secondary N) is 1. The van der Waals surface area contributed by atoms with Crippen molar-refractivity contribution in [1.82, 2.24) is 46.1 Å². The molecule has 274 valence electrons. The molecule has 0 bridgehead atoms. The van der Waals surface area contributed by atoms with E-state index in [1.807, 2.05) is 109 Å². The molecule has 1 amide bonds. The van der Waals surface area contributed by atoms with Crippen molar-refractivity contribution < 1.29 is 28.5 Å². The van der Waals surface area contributed by atoms with Gasteiger partial charge in [-0.05, 0) is 17.5 Å². The number of carbonyl (C=O) groups excluding carboxylic acids is 2. The van der Waals surface area contributed by atoms with E-state index in [-0.39, 0.29) is 32.1 Å². The average molecular weight is 728 g/mol. The molecule has 0 unspecified atom stereocenters. The summed E-state index contributed by atoms with van der Waals surface area (Å²) in [5.41, 5.74) is 4.83. The van der Waals surface area contributed by atoms with E-state index < -0.39 is 6.09 Å². The summed E-state index contributed by atoms with van der Waals surface area (Å²) in [6.45, 7) is 1.94. The van der Waals surface area contributed by atoms with Gasteiger partial charge in [0.05, 0.1) is 19.8 Å². The molecule has 4 aromatic carbocycles. The van der Waals surface area contributed by atoms with E-state index in [9.17, 15) is 9.59 Å². The van der Waals surface area contributed by atoms with Crippen LogP contribution in [0.2, 0.25) is 0 Å². The van der Waals surface area contributed by atoms with Gasteiger partial charge in [-0.3, -0.25) is 4.79 Å². The van der Waals surface area contributed by atoms with E-state index in [2.05, 4.69) is 46.1 Å². The number of nitrogens with zero attached hydrogens (tertiary/aromatic N) is 8. The van der Waals surface area contributed by atoms with E-state index >= 15 is 0 Å². The minimum absolute atomic E-state index is 0.101. The Bertz CT molecular complexity index is 1890. The third-order valence-corrected chi connectivity index (χ3v) is 7.77. The summed E-state index contributed by atoms with van der Waals surface area (Å²) in [5.74, 6) is 1.41. The molecule has 6 aromatic rings. The fourth-order valence-electron chi connectivity index (χ4n) is 4.90. The number of carbonyl (C=O) groups is 2. The molecule has 2 heterocycles. The Morgan fingerprint density at radius 3 is 1.33 bits per heavy atom. The van der Waals surface area contributed by atoms with Crippen molar-refractivity contribution in [2.75, 3.05) is 33.0 Å². The van der Waals surface area contributed by atoms with E-state index in [4.69, 9.17) is 18.9 Å². The number of esters is 1. The van der Waals surface area contributed by atoms with Gasteiger partial charge in [0.2, 0.25) is 23.3 Å². The number of benzene rings is 4. The molecule has 0 saturated carbocycles. The number of hydrogen-bond acceptors (Lipinski definition) is 14. The summed E-state index contributed by atoms with van der Waals surface area (Å²) in [6, 6.07) is 33.7. The topological polar surface area (TPSA) is 186 Å². The Labute approximate surface area is 311 Å². The first-order valence-electron chi connectivity index (χ1n) is 17.3. The maximum Gasteiger partial charge on any atom is 0.407 e. The molecule has 1 N–H and O–H groups in total. The van der Waals surface area contributed by atoms with Gasteiger partial charge in [-0.2, -0.15) is 0 Å². The summed E-state index contributed by atoms with van der Waals surface area (Å²) in [7, 11) is 0. The molecule has 0 aliphatic carbocycles. The van der Waals surface area contributed by atoms with Crippen LogP contribution in [0.5, 0.6) is 0 Å². The standard InChI is InChI=1S/C39H37N9O6/c49-34(53-26-28-13-17-32(18-14-28)37-45-41-35(42-46-37)30-8-3-1-4-9-30)12-7-22-51-24-25-52-23-21-40-39(50)54-27-29-15-19-33(20-16-29)38-47-43-36(44-48-38)31-10-5-2-6-11-31/h1-6,8-11,13-20H,7,12,21-27H2,(H,40,50). The Balaban J connectivity index is 0.759. The molecule has 0 fully saturated rings. The second-order valence-electron chi connectivity index (χ2n) is 11.7. The van der Waals surface area contributed by atoms with Crippen LogP contribution < -0.4 is 5.32 Å². The monoisotopic (exact) mass is 727 g/mol. The molecule has 0 atom stereocenters. The molecule has 54 heavy (non-hydrogen) atoms. The van der Waals surface area contributed by atoms with Gasteiger partial charge in [0.25, 0.3) is 0 Å². The summed E-state index contributed by atoms with van der Waals surface area (Å²) in [5, 5.41) is 36.1. The number of alkyl carbamates (subject to hydrolysis) is 1. The lowest BCUT2D eigenvalue weighted by Gasteiger charge is -2.09. The molecule has 0 radical (unpaired) electrons. The number of hydrogen-bond donors (Lipinski definition) is 1. The Kier molecular flexibility index (Phi) is 13.7. The predicted octanol–water partition coefficient (Wildman–Crippen LogP) is 5.30. The third kappa shape index (κ3) is 11.5. The van der Waals surface area contributed by atoms with Crippen LogP contribution in [0.4, 0.5) is 4.79 Å². The second-order valence-corrected chi connectivity index (χ2v) is 11.7. The quantitative estimate of drug-likeness (QED) is 0.0888. The van der Waals surface area contributed by atoms with Crippen LogP contribution in [0.25, 0.3) is 45.6 Å². The highest BCUT2D eigenvalue weighted by molar-refractivity contribution is 5.69. The van der Waals surface area contributed by atoms with Crippen molar-refractivity contribution >= 4 is 12.1 Å². The lowest BCUT2D eigenvalue weighted by Crippen LogP contribution is -2.28. The highest BCUT2D eigenvalue weighted by atomic mass is 16.6. The van der Waals surface area contributed by atoms with Crippen LogP contribution in [0.1, 0.15) is 24.0 Å². The SMILES string of the molecule is O=C(CCCOCCOCCNC(=O)OCc1ccc(-c2nnc(-c3ccccc3)nn2)cc1)OCc1ccc(-c2nnc(-c3ccccc3)nn2)cc1. The maximum atomic E-state index is 12.2. The fraction of sp³-hybridized carbons (Fsp3) is 0.231. The minimum Gasteiger partial charge on any atom is -0.461 e. The van der Waals surface area contributed by atoms with E-state index in [0.717, 1.165) is 33.4 Å². The smallest absolute Gasteiger partial charge is 0.407 e. The summed E-state index contributed by atoms with van der Waals surface area (Å²) in [6.07, 6.45) is 0.208. The van der Waals surface area contributed by atoms with Crippen LogP contribution >= 0.6 is 0 Å². The normalized spacial score (nSPS) is 10.8. The minimum atomic E-state index is -0.550. The predicted molar refractivity (Wildman–Crippen MR) is 196 cm³/mol. The average Bonchev–Trinajstić information content (AvgIpc) is 3.24. The lowest BCUT2D eigenvalue weighted by atomic mass is 10.1. The van der Waals surface area contributed by atoms with E-state index in [1.54, 1.807) is 0 Å². The third-order valence-electron chi connectivity index (χ3n) is 7.77. The zero-order chi connectivity index (χ0) is 37.2. The van der Waals surface area contributed by atoms with Crippen LogP contribution in [0.3, 0.4) is 0 Å². The van der Waals surface area contributed by atoms with E-state index in [1.165, 1.54) is 0 Å². The number of rotatable bonds is 18. The van der Waals surface area contributed by atoms with Crippen LogP contribution in [0.15, 0.2) is 109 Å². The molecular weight excluding hydrogens is 690 g/mol. The number of amides is 1. The first-order chi connectivity index (χ1) is 26.6. The Morgan fingerprint density at radius 2 is 0.870 bits per heavy atom. The van der Waals surface area contributed by atoms with Crippen molar-refractivity contribution in [3.8, 4) is 45.6 Å². The first kappa shape index (κ1) is 37.2. The van der Waals surface area contributed by atoms with Crippen LogP contribution in [-0.4, -0.2) is 85.8 Å². The number of ether oxygens (including phenoxy) is 4. The maximum absolute atomic E-state index is 12.2. The van der Waals surface area contributed by atoms with Gasteiger partial charge in [0.1, 0.15) is 13.2 Å². The molecule has 0 saturated heterocycles. The van der Waals surface area contributed by atoms with Gasteiger partial charge in [-0.25, -0.2) is 4.79 Å². The summed E-state index contributed by atoms with van der Waals surface area (Å²) >= 11 is 0. The van der Waals surface area contributed by atoms with Gasteiger partial charge in [-0.1, -0.05) is 109 Å². The molecule has 15 heteroatoms. The van der Waals surface area contributed by atoms with Gasteiger partial charge < -0.3 is 24.3 Å². The summed E-state index contributed by atoms with van der Waals surface area (Å²) < 4.78 is 21.7.